The van der Waals surface area contributed by atoms with E-state index >= 15 is 0 Å². The summed E-state index contributed by atoms with van der Waals surface area (Å²) < 4.78 is 7.76. The maximum Gasteiger partial charge on any atom is 0.251 e. The van der Waals surface area contributed by atoms with Crippen LogP contribution in [-0.2, 0) is 18.3 Å². The van der Waals surface area contributed by atoms with Crippen LogP contribution in [0, 0.1) is 0 Å². The Labute approximate surface area is 162 Å². The predicted molar refractivity (Wildman–Crippen MR) is 105 cm³/mol. The second-order valence-electron chi connectivity index (χ2n) is 6.79. The molecule has 3 aromatic rings. The van der Waals surface area contributed by atoms with Crippen molar-refractivity contribution >= 4 is 22.8 Å². The van der Waals surface area contributed by atoms with Crippen molar-refractivity contribution in [3.63, 3.8) is 0 Å². The van der Waals surface area contributed by atoms with Gasteiger partial charge in [-0.05, 0) is 6.07 Å². The summed E-state index contributed by atoms with van der Waals surface area (Å²) in [7, 11) is 1.96. The number of rotatable bonds is 6. The molecule has 0 radical (unpaired) electrons. The third-order valence-corrected chi connectivity index (χ3v) is 4.84. The van der Waals surface area contributed by atoms with Crippen LogP contribution in [0.1, 0.15) is 16.1 Å². The Balaban J connectivity index is 1.34. The van der Waals surface area contributed by atoms with E-state index in [1.54, 1.807) is 0 Å². The number of hydrogen-bond acceptors (Lipinski definition) is 7. The molecule has 1 aliphatic heterocycles. The lowest BCUT2D eigenvalue weighted by atomic mass is 10.2. The van der Waals surface area contributed by atoms with Crippen molar-refractivity contribution in [2.45, 2.75) is 12.6 Å². The van der Waals surface area contributed by atoms with Crippen LogP contribution >= 0.6 is 0 Å². The Morgan fingerprint density at radius 2 is 2.11 bits per heavy atom. The number of anilines is 1. The van der Waals surface area contributed by atoms with E-state index in [-0.39, 0.29) is 6.10 Å². The number of carbonyl (C=O) groups excluding carboxylic acids is 1. The van der Waals surface area contributed by atoms with Gasteiger partial charge in [0.25, 0.3) is 5.91 Å². The van der Waals surface area contributed by atoms with Crippen LogP contribution in [0.5, 0.6) is 0 Å². The second kappa shape index (κ2) is 7.91. The Hall–Kier alpha value is -3.04. The number of fused-ring (bicyclic) bond motifs is 1. The summed E-state index contributed by atoms with van der Waals surface area (Å²) in [5, 5.41) is 9.20. The lowest BCUT2D eigenvalue weighted by molar-refractivity contribution is 0.0401. The molecule has 3 heterocycles. The first kappa shape index (κ1) is 18.3. The van der Waals surface area contributed by atoms with Gasteiger partial charge in [-0.3, -0.25) is 9.48 Å². The zero-order chi connectivity index (χ0) is 19.5. The Morgan fingerprint density at radius 3 is 2.89 bits per heavy atom. The number of aromatic nitrogens is 4. The first-order valence-electron chi connectivity index (χ1n) is 9.21. The van der Waals surface area contributed by atoms with Gasteiger partial charge in [-0.2, -0.15) is 5.10 Å². The summed E-state index contributed by atoms with van der Waals surface area (Å²) in [5.74, 6) is 0.0478. The standard InChI is InChI=1S/C19H23N7O2/c1-25-17-5-3-2-4-15(17)16(24-25)11-21-10-14-12-26(6-7-28-14)19-22-8-13(9-23-19)18(20)27/h2-5,8-9,14,21H,6-7,10-12H2,1H3,(H2,20,27). The fourth-order valence-electron chi connectivity index (χ4n) is 3.41. The van der Waals surface area contributed by atoms with Gasteiger partial charge in [0.15, 0.2) is 0 Å². The van der Waals surface area contributed by atoms with E-state index in [9.17, 15) is 4.79 Å². The number of carbonyl (C=O) groups is 1. The van der Waals surface area contributed by atoms with E-state index in [2.05, 4.69) is 37.4 Å². The summed E-state index contributed by atoms with van der Waals surface area (Å²) in [6.45, 7) is 3.34. The molecule has 146 valence electrons. The Kier molecular flexibility index (Phi) is 5.18. The molecule has 1 fully saturated rings. The number of nitrogens with one attached hydrogen (secondary N) is 1. The van der Waals surface area contributed by atoms with E-state index in [0.717, 1.165) is 16.6 Å². The number of benzene rings is 1. The number of aryl methyl sites for hydroxylation is 1. The number of ether oxygens (including phenoxy) is 1. The van der Waals surface area contributed by atoms with Gasteiger partial charge in [-0.25, -0.2) is 9.97 Å². The number of hydrogen-bond donors (Lipinski definition) is 2. The monoisotopic (exact) mass is 381 g/mol. The van der Waals surface area contributed by atoms with Gasteiger partial charge in [-0.15, -0.1) is 0 Å². The molecule has 0 bridgehead atoms. The molecule has 2 aromatic heterocycles. The molecule has 1 saturated heterocycles. The molecule has 0 saturated carbocycles. The smallest absolute Gasteiger partial charge is 0.251 e. The van der Waals surface area contributed by atoms with E-state index in [0.29, 0.717) is 44.3 Å². The van der Waals surface area contributed by atoms with Crippen molar-refractivity contribution in [3.8, 4) is 0 Å². The second-order valence-corrected chi connectivity index (χ2v) is 6.79. The van der Waals surface area contributed by atoms with Crippen LogP contribution in [0.25, 0.3) is 10.9 Å². The molecule has 1 unspecified atom stereocenters. The van der Waals surface area contributed by atoms with Crippen molar-refractivity contribution in [2.75, 3.05) is 31.1 Å². The largest absolute Gasteiger partial charge is 0.373 e. The Bertz CT molecular complexity index is 970. The number of primary amides is 1. The normalized spacial score (nSPS) is 17.2. The van der Waals surface area contributed by atoms with Crippen LogP contribution in [0.3, 0.4) is 0 Å². The molecule has 1 aromatic carbocycles. The van der Waals surface area contributed by atoms with Crippen molar-refractivity contribution in [1.82, 2.24) is 25.1 Å². The van der Waals surface area contributed by atoms with E-state index in [1.165, 1.54) is 12.4 Å². The average molecular weight is 381 g/mol. The molecular formula is C19H23N7O2. The molecule has 1 aliphatic rings. The van der Waals surface area contributed by atoms with Gasteiger partial charge in [0.1, 0.15) is 0 Å². The van der Waals surface area contributed by atoms with Crippen LogP contribution in [-0.4, -0.2) is 58.0 Å². The highest BCUT2D eigenvalue weighted by Crippen LogP contribution is 2.17. The Morgan fingerprint density at radius 1 is 1.32 bits per heavy atom. The van der Waals surface area contributed by atoms with Gasteiger partial charge in [0.05, 0.1) is 29.5 Å². The predicted octanol–water partition coefficient (Wildman–Crippen LogP) is 0.457. The molecule has 9 nitrogen and oxygen atoms in total. The molecule has 3 N–H and O–H groups in total. The van der Waals surface area contributed by atoms with Crippen LogP contribution in [0.15, 0.2) is 36.7 Å². The zero-order valence-corrected chi connectivity index (χ0v) is 15.7. The number of para-hydroxylation sites is 1. The highest BCUT2D eigenvalue weighted by Gasteiger charge is 2.22. The SMILES string of the molecule is Cn1nc(CNCC2CN(c3ncc(C(N)=O)cn3)CCO2)c2ccccc21. The summed E-state index contributed by atoms with van der Waals surface area (Å²) in [4.78, 5) is 21.7. The zero-order valence-electron chi connectivity index (χ0n) is 15.7. The topological polar surface area (TPSA) is 111 Å². The molecule has 4 rings (SSSR count). The fourth-order valence-corrected chi connectivity index (χ4v) is 3.41. The molecule has 28 heavy (non-hydrogen) atoms. The number of morpholine rings is 1. The van der Waals surface area contributed by atoms with Crippen molar-refractivity contribution in [3.05, 3.63) is 47.9 Å². The minimum absolute atomic E-state index is 0.0168. The quantitative estimate of drug-likeness (QED) is 0.638. The third-order valence-electron chi connectivity index (χ3n) is 4.84. The highest BCUT2D eigenvalue weighted by atomic mass is 16.5. The average Bonchev–Trinajstić information content (AvgIpc) is 3.04. The summed E-state index contributed by atoms with van der Waals surface area (Å²) in [6.07, 6.45) is 2.93. The third kappa shape index (κ3) is 3.80. The summed E-state index contributed by atoms with van der Waals surface area (Å²) in [5.41, 5.74) is 7.68. The van der Waals surface area contributed by atoms with Crippen molar-refractivity contribution in [2.24, 2.45) is 12.8 Å². The van der Waals surface area contributed by atoms with Gasteiger partial charge < -0.3 is 20.7 Å². The van der Waals surface area contributed by atoms with Gasteiger partial charge in [-0.1, -0.05) is 18.2 Å². The van der Waals surface area contributed by atoms with E-state index in [1.807, 2.05) is 23.9 Å². The van der Waals surface area contributed by atoms with Crippen LogP contribution in [0.4, 0.5) is 5.95 Å². The number of nitrogens with zero attached hydrogens (tertiary/aromatic N) is 5. The number of nitrogens with two attached hydrogens (primary N) is 1. The maximum absolute atomic E-state index is 11.2. The summed E-state index contributed by atoms with van der Waals surface area (Å²) >= 11 is 0. The molecule has 1 atom stereocenters. The minimum atomic E-state index is -0.530. The molecule has 1 amide bonds. The van der Waals surface area contributed by atoms with Crippen LogP contribution in [0.2, 0.25) is 0 Å². The van der Waals surface area contributed by atoms with E-state index in [4.69, 9.17) is 10.5 Å². The maximum atomic E-state index is 11.2. The number of amides is 1. The minimum Gasteiger partial charge on any atom is -0.373 e. The summed E-state index contributed by atoms with van der Waals surface area (Å²) in [6, 6.07) is 8.20. The van der Waals surface area contributed by atoms with Gasteiger partial charge in [0.2, 0.25) is 5.95 Å². The fraction of sp³-hybridized carbons (Fsp3) is 0.368. The molecule has 0 aliphatic carbocycles. The van der Waals surface area contributed by atoms with Crippen LogP contribution < -0.4 is 16.0 Å². The molecule has 9 heteroatoms. The first-order valence-corrected chi connectivity index (χ1v) is 9.21. The molecular weight excluding hydrogens is 358 g/mol. The van der Waals surface area contributed by atoms with Crippen molar-refractivity contribution < 1.29 is 9.53 Å². The highest BCUT2D eigenvalue weighted by molar-refractivity contribution is 5.92. The van der Waals surface area contributed by atoms with Gasteiger partial charge >= 0.3 is 0 Å². The van der Waals surface area contributed by atoms with E-state index < -0.39 is 5.91 Å². The van der Waals surface area contributed by atoms with Gasteiger partial charge in [0, 0.05) is 51.0 Å². The molecule has 0 spiro atoms. The lowest BCUT2D eigenvalue weighted by Crippen LogP contribution is -2.47. The lowest BCUT2D eigenvalue weighted by Gasteiger charge is -2.33. The van der Waals surface area contributed by atoms with Crippen molar-refractivity contribution in [1.29, 1.82) is 0 Å². The first-order chi connectivity index (χ1) is 13.6.